The summed E-state index contributed by atoms with van der Waals surface area (Å²) in [4.78, 5) is 0. The van der Waals surface area contributed by atoms with E-state index in [2.05, 4.69) is 0 Å². The quantitative estimate of drug-likeness (QED) is 0.833. The van der Waals surface area contributed by atoms with E-state index in [4.69, 9.17) is 17.3 Å². The highest BCUT2D eigenvalue weighted by Crippen LogP contribution is 2.24. The van der Waals surface area contributed by atoms with Crippen LogP contribution in [0.3, 0.4) is 0 Å². The predicted molar refractivity (Wildman–Crippen MR) is 68.8 cm³/mol. The van der Waals surface area contributed by atoms with Gasteiger partial charge in [0.1, 0.15) is 0 Å². The van der Waals surface area contributed by atoms with Crippen LogP contribution in [-0.4, -0.2) is 17.3 Å². The van der Waals surface area contributed by atoms with Gasteiger partial charge in [0, 0.05) is 18.0 Å². The highest BCUT2D eigenvalue weighted by Gasteiger charge is 2.25. The summed E-state index contributed by atoms with van der Waals surface area (Å²) in [5, 5.41) is 11.0. The SMILES string of the molecule is CCCC(O)(CN)Cc1ccc(C)cc1Cl. The minimum absolute atomic E-state index is 0.269. The number of benzene rings is 1. The average Bonchev–Trinajstić information content (AvgIpc) is 2.23. The third-order valence-electron chi connectivity index (χ3n) is 2.82. The van der Waals surface area contributed by atoms with Gasteiger partial charge in [-0.1, -0.05) is 37.1 Å². The van der Waals surface area contributed by atoms with Crippen LogP contribution < -0.4 is 5.73 Å². The first-order valence-corrected chi connectivity index (χ1v) is 6.06. The molecule has 3 heteroatoms. The van der Waals surface area contributed by atoms with Gasteiger partial charge in [-0.2, -0.15) is 0 Å². The number of hydrogen-bond acceptors (Lipinski definition) is 2. The first-order valence-electron chi connectivity index (χ1n) is 5.68. The van der Waals surface area contributed by atoms with E-state index < -0.39 is 5.60 Å². The summed E-state index contributed by atoms with van der Waals surface area (Å²) in [5.41, 5.74) is 6.89. The molecule has 0 aliphatic carbocycles. The van der Waals surface area contributed by atoms with Crippen molar-refractivity contribution in [2.45, 2.75) is 38.7 Å². The lowest BCUT2D eigenvalue weighted by atomic mass is 9.90. The Morgan fingerprint density at radius 1 is 1.44 bits per heavy atom. The summed E-state index contributed by atoms with van der Waals surface area (Å²) in [6.45, 7) is 4.30. The molecule has 0 bridgehead atoms. The molecule has 0 aliphatic rings. The lowest BCUT2D eigenvalue weighted by molar-refractivity contribution is 0.0399. The van der Waals surface area contributed by atoms with E-state index in [0.29, 0.717) is 17.9 Å². The molecule has 0 amide bonds. The van der Waals surface area contributed by atoms with Crippen molar-refractivity contribution in [1.82, 2.24) is 0 Å². The van der Waals surface area contributed by atoms with E-state index in [1.54, 1.807) is 0 Å². The molecule has 1 unspecified atom stereocenters. The second-order valence-electron chi connectivity index (χ2n) is 4.45. The monoisotopic (exact) mass is 241 g/mol. The van der Waals surface area contributed by atoms with Gasteiger partial charge < -0.3 is 10.8 Å². The maximum absolute atomic E-state index is 10.3. The van der Waals surface area contributed by atoms with Crippen molar-refractivity contribution in [3.63, 3.8) is 0 Å². The maximum atomic E-state index is 10.3. The molecule has 90 valence electrons. The van der Waals surface area contributed by atoms with Gasteiger partial charge in [-0.25, -0.2) is 0 Å². The number of aliphatic hydroxyl groups is 1. The lowest BCUT2D eigenvalue weighted by Gasteiger charge is -2.26. The molecule has 0 aromatic heterocycles. The van der Waals surface area contributed by atoms with Crippen LogP contribution in [0.15, 0.2) is 18.2 Å². The number of aryl methyl sites for hydroxylation is 1. The van der Waals surface area contributed by atoms with Crippen LogP contribution in [0, 0.1) is 6.92 Å². The van der Waals surface area contributed by atoms with Crippen molar-refractivity contribution >= 4 is 11.6 Å². The summed E-state index contributed by atoms with van der Waals surface area (Å²) in [7, 11) is 0. The molecular weight excluding hydrogens is 222 g/mol. The largest absolute Gasteiger partial charge is 0.388 e. The molecule has 2 nitrogen and oxygen atoms in total. The smallest absolute Gasteiger partial charge is 0.0809 e. The van der Waals surface area contributed by atoms with Crippen molar-refractivity contribution in [2.24, 2.45) is 5.73 Å². The van der Waals surface area contributed by atoms with Crippen LogP contribution in [0.25, 0.3) is 0 Å². The predicted octanol–water partition coefficient (Wildman–Crippen LogP) is 2.68. The topological polar surface area (TPSA) is 46.2 Å². The lowest BCUT2D eigenvalue weighted by Crippen LogP contribution is -2.39. The van der Waals surface area contributed by atoms with Crippen molar-refractivity contribution in [2.75, 3.05) is 6.54 Å². The van der Waals surface area contributed by atoms with E-state index >= 15 is 0 Å². The first kappa shape index (κ1) is 13.5. The van der Waals surface area contributed by atoms with Gasteiger partial charge in [0.05, 0.1) is 5.60 Å². The summed E-state index contributed by atoms with van der Waals surface area (Å²) >= 11 is 6.14. The third kappa shape index (κ3) is 3.48. The van der Waals surface area contributed by atoms with Gasteiger partial charge in [0.2, 0.25) is 0 Å². The standard InChI is InChI=1S/C13H20ClNO/c1-3-6-13(16,9-15)8-11-5-4-10(2)7-12(11)14/h4-5,7,16H,3,6,8-9,15H2,1-2H3. The molecular formula is C13H20ClNO. The zero-order valence-electron chi connectivity index (χ0n) is 9.96. The van der Waals surface area contributed by atoms with Crippen molar-refractivity contribution < 1.29 is 5.11 Å². The van der Waals surface area contributed by atoms with Crippen LogP contribution in [0.2, 0.25) is 5.02 Å². The second kappa shape index (κ2) is 5.67. The molecule has 0 spiro atoms. The third-order valence-corrected chi connectivity index (χ3v) is 3.18. The van der Waals surface area contributed by atoms with Crippen LogP contribution >= 0.6 is 11.6 Å². The Morgan fingerprint density at radius 3 is 2.62 bits per heavy atom. The molecule has 1 atom stereocenters. The zero-order chi connectivity index (χ0) is 12.2. The fourth-order valence-electron chi connectivity index (χ4n) is 1.88. The van der Waals surface area contributed by atoms with Gasteiger partial charge in [0.15, 0.2) is 0 Å². The highest BCUT2D eigenvalue weighted by molar-refractivity contribution is 6.31. The van der Waals surface area contributed by atoms with E-state index in [9.17, 15) is 5.11 Å². The Hall–Kier alpha value is -0.570. The normalized spacial score (nSPS) is 14.8. The van der Waals surface area contributed by atoms with E-state index in [1.165, 1.54) is 0 Å². The molecule has 0 saturated heterocycles. The fourth-order valence-corrected chi connectivity index (χ4v) is 2.18. The van der Waals surface area contributed by atoms with E-state index in [1.807, 2.05) is 32.0 Å². The van der Waals surface area contributed by atoms with Crippen LogP contribution in [0.1, 0.15) is 30.9 Å². The molecule has 1 aromatic rings. The molecule has 0 saturated carbocycles. The summed E-state index contributed by atoms with van der Waals surface area (Å²) in [6, 6.07) is 5.89. The minimum atomic E-state index is -0.826. The number of nitrogens with two attached hydrogens (primary N) is 1. The molecule has 0 aliphatic heterocycles. The Balaban J connectivity index is 2.85. The van der Waals surface area contributed by atoms with Crippen molar-refractivity contribution in [1.29, 1.82) is 0 Å². The van der Waals surface area contributed by atoms with Crippen LogP contribution in [-0.2, 0) is 6.42 Å². The average molecular weight is 242 g/mol. The first-order chi connectivity index (χ1) is 7.50. The Morgan fingerprint density at radius 2 is 2.12 bits per heavy atom. The van der Waals surface area contributed by atoms with E-state index in [-0.39, 0.29) is 6.54 Å². The van der Waals surface area contributed by atoms with E-state index in [0.717, 1.165) is 17.5 Å². The zero-order valence-corrected chi connectivity index (χ0v) is 10.7. The van der Waals surface area contributed by atoms with Gasteiger partial charge in [-0.3, -0.25) is 0 Å². The van der Waals surface area contributed by atoms with Crippen LogP contribution in [0.4, 0.5) is 0 Å². The maximum Gasteiger partial charge on any atom is 0.0809 e. The summed E-state index contributed by atoms with van der Waals surface area (Å²) in [6.07, 6.45) is 2.14. The number of halogens is 1. The van der Waals surface area contributed by atoms with Gasteiger partial charge >= 0.3 is 0 Å². The molecule has 16 heavy (non-hydrogen) atoms. The highest BCUT2D eigenvalue weighted by atomic mass is 35.5. The van der Waals surface area contributed by atoms with Gasteiger partial charge in [-0.15, -0.1) is 0 Å². The van der Waals surface area contributed by atoms with Gasteiger partial charge in [-0.05, 0) is 30.5 Å². The van der Waals surface area contributed by atoms with Crippen molar-refractivity contribution in [3.05, 3.63) is 34.3 Å². The Bertz CT molecular complexity index is 354. The number of hydrogen-bond donors (Lipinski definition) is 2. The van der Waals surface area contributed by atoms with Crippen molar-refractivity contribution in [3.8, 4) is 0 Å². The molecule has 3 N–H and O–H groups in total. The number of rotatable bonds is 5. The molecule has 0 heterocycles. The summed E-state index contributed by atoms with van der Waals surface area (Å²) < 4.78 is 0. The molecule has 0 radical (unpaired) electrons. The van der Waals surface area contributed by atoms with Crippen LogP contribution in [0.5, 0.6) is 0 Å². The Kier molecular flexibility index (Phi) is 4.78. The molecule has 1 aromatic carbocycles. The van der Waals surface area contributed by atoms with Gasteiger partial charge in [0.25, 0.3) is 0 Å². The second-order valence-corrected chi connectivity index (χ2v) is 4.86. The summed E-state index contributed by atoms with van der Waals surface area (Å²) in [5.74, 6) is 0. The Labute approximate surface area is 102 Å². The molecule has 0 fully saturated rings. The molecule has 1 rings (SSSR count). The fraction of sp³-hybridized carbons (Fsp3) is 0.538. The minimum Gasteiger partial charge on any atom is -0.388 e.